The molecule has 1 aromatic heterocycles. The average molecular weight is 369 g/mol. The number of nitrogens with zero attached hydrogens (tertiary/aromatic N) is 1. The van der Waals surface area contributed by atoms with Gasteiger partial charge in [0.1, 0.15) is 17.4 Å². The topological polar surface area (TPSA) is 95.1 Å². The van der Waals surface area contributed by atoms with Gasteiger partial charge in [0, 0.05) is 18.0 Å². The number of hydrogen-bond acceptors (Lipinski definition) is 6. The number of ketones is 1. The molecule has 0 fully saturated rings. The van der Waals surface area contributed by atoms with E-state index in [0.29, 0.717) is 29.4 Å². The highest BCUT2D eigenvalue weighted by Gasteiger charge is 2.42. The fourth-order valence-electron chi connectivity index (χ4n) is 3.75. The lowest BCUT2D eigenvalue weighted by molar-refractivity contribution is -0.122. The number of thioether (sulfide) groups is 1. The number of anilines is 1. The lowest BCUT2D eigenvalue weighted by Gasteiger charge is -2.36. The molecule has 7 heteroatoms. The van der Waals surface area contributed by atoms with E-state index >= 15 is 0 Å². The van der Waals surface area contributed by atoms with Crippen LogP contribution in [0.3, 0.4) is 0 Å². The van der Waals surface area contributed by atoms with Crippen molar-refractivity contribution < 1.29 is 9.90 Å². The largest absolute Gasteiger partial charge is 0.508 e. The van der Waals surface area contributed by atoms with Crippen molar-refractivity contribution in [1.29, 1.82) is 0 Å². The summed E-state index contributed by atoms with van der Waals surface area (Å²) in [5.41, 5.74) is 1.74. The van der Waals surface area contributed by atoms with Crippen molar-refractivity contribution in [3.8, 4) is 5.75 Å². The van der Waals surface area contributed by atoms with Crippen molar-refractivity contribution in [3.05, 3.63) is 57.5 Å². The molecule has 3 N–H and O–H groups in total. The summed E-state index contributed by atoms with van der Waals surface area (Å²) in [7, 11) is 0. The highest BCUT2D eigenvalue weighted by atomic mass is 32.2. The third kappa shape index (κ3) is 2.82. The highest BCUT2D eigenvalue weighted by molar-refractivity contribution is 7.99. The van der Waals surface area contributed by atoms with E-state index in [9.17, 15) is 14.7 Å². The number of aromatic amines is 1. The van der Waals surface area contributed by atoms with Crippen molar-refractivity contribution in [2.45, 2.75) is 30.8 Å². The number of carbonyl (C=O) groups excluding carboxylic acids is 1. The Labute approximate surface area is 154 Å². The van der Waals surface area contributed by atoms with Crippen LogP contribution in [0.25, 0.3) is 0 Å². The Kier molecular flexibility index (Phi) is 4.32. The zero-order valence-electron chi connectivity index (χ0n) is 14.3. The predicted octanol–water partition coefficient (Wildman–Crippen LogP) is 3.01. The number of aromatic hydroxyl groups is 1. The van der Waals surface area contributed by atoms with Crippen molar-refractivity contribution in [3.63, 3.8) is 0 Å². The Morgan fingerprint density at radius 3 is 2.92 bits per heavy atom. The number of benzene rings is 1. The maximum Gasteiger partial charge on any atom is 0.257 e. The molecular weight excluding hydrogens is 350 g/mol. The van der Waals surface area contributed by atoms with Crippen LogP contribution in [-0.2, 0) is 4.79 Å². The smallest absolute Gasteiger partial charge is 0.257 e. The number of carbonyl (C=O) groups is 1. The second-order valence-electron chi connectivity index (χ2n) is 6.41. The number of H-pyrrole nitrogens is 1. The standard InChI is InChI=1S/C19H19N3O3S/c1-2-26-19-21-17-16(18(25)22-19)14(10-5-3-6-11(23)9-10)15-12(20-17)7-4-8-13(15)24/h3,5-7,9,14-15,23H,2,4,8H2,1H3,(H2,20,21,22,25)/t14-,15-/m0/s1. The molecule has 0 spiro atoms. The first-order valence-corrected chi connectivity index (χ1v) is 9.62. The first-order chi connectivity index (χ1) is 12.6. The van der Waals surface area contributed by atoms with Gasteiger partial charge in [0.05, 0.1) is 11.5 Å². The van der Waals surface area contributed by atoms with Gasteiger partial charge < -0.3 is 15.4 Å². The van der Waals surface area contributed by atoms with E-state index in [1.165, 1.54) is 11.8 Å². The molecule has 0 unspecified atom stereocenters. The van der Waals surface area contributed by atoms with Crippen LogP contribution < -0.4 is 10.9 Å². The molecule has 1 aliphatic heterocycles. The molecule has 2 heterocycles. The van der Waals surface area contributed by atoms with Gasteiger partial charge in [-0.1, -0.05) is 36.9 Å². The van der Waals surface area contributed by atoms with Crippen molar-refractivity contribution in [1.82, 2.24) is 9.97 Å². The number of Topliss-reactive ketones (excluding diaryl/α,β-unsaturated/α-hetero) is 1. The van der Waals surface area contributed by atoms with E-state index < -0.39 is 11.8 Å². The van der Waals surface area contributed by atoms with Crippen LogP contribution in [0.15, 0.2) is 46.0 Å². The highest BCUT2D eigenvalue weighted by Crippen LogP contribution is 2.45. The molecule has 26 heavy (non-hydrogen) atoms. The number of fused-ring (bicyclic) bond motifs is 2. The van der Waals surface area contributed by atoms with E-state index in [1.807, 2.05) is 19.1 Å². The lowest BCUT2D eigenvalue weighted by atomic mass is 9.72. The summed E-state index contributed by atoms with van der Waals surface area (Å²) in [5, 5.41) is 13.7. The van der Waals surface area contributed by atoms with Crippen LogP contribution in [-0.4, -0.2) is 26.6 Å². The summed E-state index contributed by atoms with van der Waals surface area (Å²) < 4.78 is 0. The minimum atomic E-state index is -0.464. The van der Waals surface area contributed by atoms with E-state index in [4.69, 9.17) is 0 Å². The van der Waals surface area contributed by atoms with Gasteiger partial charge in [0.15, 0.2) is 5.16 Å². The van der Waals surface area contributed by atoms with Gasteiger partial charge in [0.25, 0.3) is 5.56 Å². The Morgan fingerprint density at radius 2 is 2.15 bits per heavy atom. The Balaban J connectivity index is 1.95. The van der Waals surface area contributed by atoms with Crippen LogP contribution in [0.2, 0.25) is 0 Å². The summed E-state index contributed by atoms with van der Waals surface area (Å²) in [6.45, 7) is 1.99. The minimum Gasteiger partial charge on any atom is -0.508 e. The average Bonchev–Trinajstić information content (AvgIpc) is 2.60. The van der Waals surface area contributed by atoms with Crippen LogP contribution in [0, 0.1) is 5.92 Å². The molecule has 134 valence electrons. The zero-order valence-corrected chi connectivity index (χ0v) is 15.1. The molecule has 4 rings (SSSR count). The summed E-state index contributed by atoms with van der Waals surface area (Å²) in [6.07, 6.45) is 3.15. The second-order valence-corrected chi connectivity index (χ2v) is 7.66. The maximum atomic E-state index is 12.9. The van der Waals surface area contributed by atoms with Gasteiger partial charge in [-0.2, -0.15) is 0 Å². The second kappa shape index (κ2) is 6.64. The quantitative estimate of drug-likeness (QED) is 0.569. The number of allylic oxidation sites excluding steroid dienone is 2. The van der Waals surface area contributed by atoms with Crippen molar-refractivity contribution in [2.75, 3.05) is 11.1 Å². The number of nitrogens with one attached hydrogen (secondary N) is 2. The molecule has 1 aliphatic carbocycles. The monoisotopic (exact) mass is 369 g/mol. The maximum absolute atomic E-state index is 12.9. The summed E-state index contributed by atoms with van der Waals surface area (Å²) in [4.78, 5) is 33.0. The molecule has 0 amide bonds. The van der Waals surface area contributed by atoms with E-state index in [1.54, 1.807) is 18.2 Å². The van der Waals surface area contributed by atoms with Crippen LogP contribution in [0.5, 0.6) is 5.75 Å². The van der Waals surface area contributed by atoms with Gasteiger partial charge in [0.2, 0.25) is 0 Å². The number of phenols is 1. The number of phenolic OH excluding ortho intramolecular Hbond substituents is 1. The molecule has 0 bridgehead atoms. The Bertz CT molecular complexity index is 967. The molecule has 0 saturated carbocycles. The molecule has 0 saturated heterocycles. The molecular formula is C19H19N3O3S. The molecule has 6 nitrogen and oxygen atoms in total. The third-order valence-electron chi connectivity index (χ3n) is 4.79. The van der Waals surface area contributed by atoms with Crippen LogP contribution in [0.4, 0.5) is 5.82 Å². The third-order valence-corrected chi connectivity index (χ3v) is 5.54. The van der Waals surface area contributed by atoms with Crippen molar-refractivity contribution in [2.24, 2.45) is 5.92 Å². The van der Waals surface area contributed by atoms with E-state index in [-0.39, 0.29) is 17.1 Å². The fourth-order valence-corrected chi connectivity index (χ4v) is 4.35. The lowest BCUT2D eigenvalue weighted by Crippen LogP contribution is -2.38. The number of rotatable bonds is 3. The van der Waals surface area contributed by atoms with E-state index in [2.05, 4.69) is 15.3 Å². The molecule has 2 aromatic rings. The molecule has 2 aliphatic rings. The van der Waals surface area contributed by atoms with Crippen LogP contribution in [0.1, 0.15) is 36.8 Å². The Morgan fingerprint density at radius 1 is 1.31 bits per heavy atom. The number of hydrogen-bond donors (Lipinski definition) is 3. The van der Waals surface area contributed by atoms with Crippen LogP contribution >= 0.6 is 11.8 Å². The van der Waals surface area contributed by atoms with Gasteiger partial charge in [-0.3, -0.25) is 9.59 Å². The first-order valence-electron chi connectivity index (χ1n) is 8.64. The molecule has 1 aromatic carbocycles. The minimum absolute atomic E-state index is 0.0976. The van der Waals surface area contributed by atoms with E-state index in [0.717, 1.165) is 17.0 Å². The van der Waals surface area contributed by atoms with Gasteiger partial charge in [-0.25, -0.2) is 4.98 Å². The molecule has 2 atom stereocenters. The normalized spacial score (nSPS) is 21.4. The fraction of sp³-hybridized carbons (Fsp3) is 0.316. The first kappa shape index (κ1) is 16.9. The Hall–Kier alpha value is -2.54. The summed E-state index contributed by atoms with van der Waals surface area (Å²) in [5.74, 6) is 0.580. The van der Waals surface area contributed by atoms with Gasteiger partial charge in [-0.15, -0.1) is 0 Å². The number of aromatic nitrogens is 2. The molecule has 0 radical (unpaired) electrons. The summed E-state index contributed by atoms with van der Waals surface area (Å²) >= 11 is 1.46. The SMILES string of the molecule is CCSc1nc2c(c(=O)[nH]1)[C@@H](c1cccc(O)c1)[C@@H]1C(=O)CCC=C1N2. The van der Waals surface area contributed by atoms with Gasteiger partial charge in [-0.05, 0) is 29.9 Å². The zero-order chi connectivity index (χ0) is 18.3. The predicted molar refractivity (Wildman–Crippen MR) is 101 cm³/mol. The van der Waals surface area contributed by atoms with Crippen molar-refractivity contribution >= 4 is 23.4 Å². The van der Waals surface area contributed by atoms with Gasteiger partial charge >= 0.3 is 0 Å². The summed E-state index contributed by atoms with van der Waals surface area (Å²) in [6, 6.07) is 6.76.